The first-order chi connectivity index (χ1) is 15.2. The molecule has 0 aliphatic carbocycles. The molecule has 1 aromatic heterocycles. The molecule has 2 aromatic rings. The Labute approximate surface area is 193 Å². The molecule has 2 rings (SSSR count). The fourth-order valence-electron chi connectivity index (χ4n) is 3.27. The number of benzene rings is 1. The van der Waals surface area contributed by atoms with E-state index in [0.29, 0.717) is 16.8 Å². The van der Waals surface area contributed by atoms with E-state index in [0.717, 1.165) is 0 Å². The van der Waals surface area contributed by atoms with Crippen LogP contribution in [0.4, 0.5) is 0 Å². The number of ketones is 1. The van der Waals surface area contributed by atoms with Crippen molar-refractivity contribution < 1.29 is 32.3 Å². The van der Waals surface area contributed by atoms with Gasteiger partial charge in [0.05, 0.1) is 28.3 Å². The number of hydrogen-bond acceptors (Lipinski definition) is 7. The Morgan fingerprint density at radius 2 is 1.67 bits per heavy atom. The normalized spacial score (nSPS) is 11.8. The highest BCUT2D eigenvalue weighted by molar-refractivity contribution is 7.89. The van der Waals surface area contributed by atoms with Crippen LogP contribution in [0.25, 0.3) is 0 Å². The summed E-state index contributed by atoms with van der Waals surface area (Å²) >= 11 is 0. The number of carbonyl (C=O) groups is 3. The number of rotatable bonds is 8. The predicted molar refractivity (Wildman–Crippen MR) is 122 cm³/mol. The van der Waals surface area contributed by atoms with Gasteiger partial charge >= 0.3 is 11.9 Å². The number of Topliss-reactive ketones (excluding diaryl/α,β-unsaturated/α-hetero) is 1. The van der Waals surface area contributed by atoms with Crippen LogP contribution in [-0.2, 0) is 19.5 Å². The van der Waals surface area contributed by atoms with Crippen LogP contribution in [0.2, 0.25) is 0 Å². The molecule has 0 radical (unpaired) electrons. The fraction of sp³-hybridized carbons (Fsp3) is 0.435. The maximum atomic E-state index is 12.6. The maximum absolute atomic E-state index is 12.6. The van der Waals surface area contributed by atoms with E-state index in [4.69, 9.17) is 9.47 Å². The van der Waals surface area contributed by atoms with Crippen LogP contribution in [0.3, 0.4) is 0 Å². The zero-order valence-electron chi connectivity index (χ0n) is 19.9. The van der Waals surface area contributed by atoms with Crippen LogP contribution in [0.5, 0.6) is 0 Å². The molecule has 0 aliphatic rings. The molecule has 0 amide bonds. The third kappa shape index (κ3) is 6.29. The number of nitrogens with one attached hydrogen (secondary N) is 2. The summed E-state index contributed by atoms with van der Waals surface area (Å²) in [6.07, 6.45) is 0. The standard InChI is InChI=1S/C23H30N2O7S/c1-8-31-22(28)19-14(3)20(24-15(19)4)18(26)12-32-21(27)17-11-16(10-9-13(17)2)33(29,30)25-23(5,6)7/h9-11,24-25H,8,12H2,1-7H3. The molecule has 0 atom stereocenters. The highest BCUT2D eigenvalue weighted by Crippen LogP contribution is 2.21. The van der Waals surface area contributed by atoms with Crippen LogP contribution in [-0.4, -0.2) is 49.9 Å². The van der Waals surface area contributed by atoms with Gasteiger partial charge in [0.15, 0.2) is 6.61 Å². The average Bonchev–Trinajstić information content (AvgIpc) is 2.98. The zero-order valence-corrected chi connectivity index (χ0v) is 20.7. The number of ether oxygens (including phenoxy) is 2. The highest BCUT2D eigenvalue weighted by Gasteiger charge is 2.26. The quantitative estimate of drug-likeness (QED) is 0.440. The van der Waals surface area contributed by atoms with Crippen molar-refractivity contribution >= 4 is 27.7 Å². The van der Waals surface area contributed by atoms with E-state index in [-0.39, 0.29) is 28.3 Å². The zero-order chi connectivity index (χ0) is 25.1. The lowest BCUT2D eigenvalue weighted by Crippen LogP contribution is -2.40. The molecule has 0 fully saturated rings. The van der Waals surface area contributed by atoms with E-state index in [1.165, 1.54) is 18.2 Å². The summed E-state index contributed by atoms with van der Waals surface area (Å²) in [6, 6.07) is 4.12. The molecule has 10 heteroatoms. The van der Waals surface area contributed by atoms with Crippen LogP contribution in [0.1, 0.15) is 75.7 Å². The van der Waals surface area contributed by atoms with Gasteiger partial charge in [-0.25, -0.2) is 22.7 Å². The molecule has 1 heterocycles. The first kappa shape index (κ1) is 26.3. The number of aromatic amines is 1. The van der Waals surface area contributed by atoms with Crippen molar-refractivity contribution in [3.63, 3.8) is 0 Å². The Morgan fingerprint density at radius 1 is 1.03 bits per heavy atom. The third-order valence-electron chi connectivity index (χ3n) is 4.71. The summed E-state index contributed by atoms with van der Waals surface area (Å²) in [4.78, 5) is 40.2. The predicted octanol–water partition coefficient (Wildman–Crippen LogP) is 3.23. The van der Waals surface area contributed by atoms with E-state index in [1.807, 2.05) is 0 Å². The monoisotopic (exact) mass is 478 g/mol. The molecule has 33 heavy (non-hydrogen) atoms. The second-order valence-electron chi connectivity index (χ2n) is 8.68. The van der Waals surface area contributed by atoms with Crippen LogP contribution < -0.4 is 4.72 Å². The lowest BCUT2D eigenvalue weighted by Gasteiger charge is -2.20. The minimum absolute atomic E-state index is 0.0335. The van der Waals surface area contributed by atoms with Crippen molar-refractivity contribution in [2.45, 2.75) is 58.9 Å². The van der Waals surface area contributed by atoms with E-state index < -0.39 is 39.9 Å². The van der Waals surface area contributed by atoms with Gasteiger partial charge < -0.3 is 14.5 Å². The largest absolute Gasteiger partial charge is 0.462 e. The Balaban J connectivity index is 2.21. The molecule has 9 nitrogen and oxygen atoms in total. The highest BCUT2D eigenvalue weighted by atomic mass is 32.2. The first-order valence-corrected chi connectivity index (χ1v) is 11.9. The second-order valence-corrected chi connectivity index (χ2v) is 10.4. The van der Waals surface area contributed by atoms with Gasteiger partial charge in [-0.15, -0.1) is 0 Å². The Bertz CT molecular complexity index is 1190. The minimum Gasteiger partial charge on any atom is -0.462 e. The van der Waals surface area contributed by atoms with Gasteiger partial charge in [0.2, 0.25) is 15.8 Å². The number of aromatic nitrogens is 1. The number of H-pyrrole nitrogens is 1. The number of sulfonamides is 1. The molecule has 2 N–H and O–H groups in total. The molecular weight excluding hydrogens is 448 g/mol. The number of esters is 2. The van der Waals surface area contributed by atoms with Crippen molar-refractivity contribution in [1.29, 1.82) is 0 Å². The lowest BCUT2D eigenvalue weighted by molar-refractivity contribution is 0.0471. The van der Waals surface area contributed by atoms with Gasteiger partial charge in [-0.1, -0.05) is 6.07 Å². The van der Waals surface area contributed by atoms with Crippen molar-refractivity contribution in [2.24, 2.45) is 0 Å². The minimum atomic E-state index is -3.86. The molecule has 0 unspecified atom stereocenters. The van der Waals surface area contributed by atoms with Gasteiger partial charge in [0, 0.05) is 11.2 Å². The van der Waals surface area contributed by atoms with E-state index in [9.17, 15) is 22.8 Å². The van der Waals surface area contributed by atoms with Crippen molar-refractivity contribution in [3.8, 4) is 0 Å². The topological polar surface area (TPSA) is 132 Å². The van der Waals surface area contributed by atoms with Crippen LogP contribution >= 0.6 is 0 Å². The molecule has 180 valence electrons. The van der Waals surface area contributed by atoms with E-state index >= 15 is 0 Å². The summed E-state index contributed by atoms with van der Waals surface area (Å²) < 4.78 is 37.9. The summed E-state index contributed by atoms with van der Waals surface area (Å²) in [5, 5.41) is 0. The lowest BCUT2D eigenvalue weighted by atomic mass is 10.1. The Kier molecular flexibility index (Phi) is 7.87. The molecule has 0 saturated heterocycles. The second kappa shape index (κ2) is 9.88. The Hall–Kier alpha value is -2.98. The van der Waals surface area contributed by atoms with Gasteiger partial charge in [-0.3, -0.25) is 4.79 Å². The molecular formula is C23H30N2O7S. The van der Waals surface area contributed by atoms with Crippen molar-refractivity contribution in [2.75, 3.05) is 13.2 Å². The smallest absolute Gasteiger partial charge is 0.340 e. The van der Waals surface area contributed by atoms with Gasteiger partial charge in [0.25, 0.3) is 0 Å². The van der Waals surface area contributed by atoms with E-state index in [1.54, 1.807) is 48.5 Å². The fourth-order valence-corrected chi connectivity index (χ4v) is 4.71. The Morgan fingerprint density at radius 3 is 2.24 bits per heavy atom. The molecule has 0 spiro atoms. The van der Waals surface area contributed by atoms with Crippen molar-refractivity contribution in [1.82, 2.24) is 9.71 Å². The summed E-state index contributed by atoms with van der Waals surface area (Å²) in [6.45, 7) is 11.3. The maximum Gasteiger partial charge on any atom is 0.340 e. The number of aryl methyl sites for hydroxylation is 2. The van der Waals surface area contributed by atoms with Crippen LogP contribution in [0, 0.1) is 20.8 Å². The number of hydrogen-bond donors (Lipinski definition) is 2. The van der Waals surface area contributed by atoms with Gasteiger partial charge in [-0.05, 0) is 71.7 Å². The van der Waals surface area contributed by atoms with Crippen molar-refractivity contribution in [3.05, 3.63) is 51.8 Å². The molecule has 1 aromatic carbocycles. The van der Waals surface area contributed by atoms with Gasteiger partial charge in [-0.2, -0.15) is 0 Å². The SMILES string of the molecule is CCOC(=O)c1c(C)[nH]c(C(=O)COC(=O)c2cc(S(=O)(=O)NC(C)(C)C)ccc2C)c1C. The first-order valence-electron chi connectivity index (χ1n) is 10.4. The summed E-state index contributed by atoms with van der Waals surface area (Å²) in [5.41, 5.74) is 1.12. The third-order valence-corrected chi connectivity index (χ3v) is 6.47. The summed E-state index contributed by atoms with van der Waals surface area (Å²) in [7, 11) is -3.86. The van der Waals surface area contributed by atoms with Crippen LogP contribution in [0.15, 0.2) is 23.1 Å². The van der Waals surface area contributed by atoms with Gasteiger partial charge in [0.1, 0.15) is 0 Å². The molecule has 0 aliphatic heterocycles. The van der Waals surface area contributed by atoms with E-state index in [2.05, 4.69) is 9.71 Å². The average molecular weight is 479 g/mol. The molecule has 0 saturated carbocycles. The number of carbonyl (C=O) groups excluding carboxylic acids is 3. The summed E-state index contributed by atoms with van der Waals surface area (Å²) in [5.74, 6) is -1.91. The molecule has 0 bridgehead atoms.